The number of hydrogen-bond acceptors (Lipinski definition) is 1. The monoisotopic (exact) mass is 398 g/mol. The van der Waals surface area contributed by atoms with Crippen LogP contribution in [0.25, 0.3) is 22.8 Å². The van der Waals surface area contributed by atoms with E-state index in [2.05, 4.69) is 12.1 Å². The van der Waals surface area contributed by atoms with Gasteiger partial charge in [0.1, 0.15) is 6.10 Å². The second kappa shape index (κ2) is 6.14. The molecule has 1 atom stereocenters. The van der Waals surface area contributed by atoms with Gasteiger partial charge in [-0.25, -0.2) is 0 Å². The maximum absolute atomic E-state index is 6.44. The maximum Gasteiger partial charge on any atom is 0.107 e. The fourth-order valence-electron chi connectivity index (χ4n) is 3.61. The zero-order valence-electron chi connectivity index (χ0n) is 13.6. The van der Waals surface area contributed by atoms with Crippen molar-refractivity contribution in [1.29, 1.82) is 0 Å². The highest BCUT2D eigenvalue weighted by molar-refractivity contribution is 6.32. The molecule has 0 radical (unpaired) electrons. The molecule has 0 bridgehead atoms. The highest BCUT2D eigenvalue weighted by Crippen LogP contribution is 2.51. The summed E-state index contributed by atoms with van der Waals surface area (Å²) in [5.41, 5.74) is 7.95. The fraction of sp³-hybridized carbons (Fsp3) is 0.0909. The van der Waals surface area contributed by atoms with Crippen molar-refractivity contribution in [3.8, 4) is 11.1 Å². The van der Waals surface area contributed by atoms with Crippen molar-refractivity contribution in [1.82, 2.24) is 0 Å². The van der Waals surface area contributed by atoms with Gasteiger partial charge in [-0.3, -0.25) is 0 Å². The van der Waals surface area contributed by atoms with Crippen molar-refractivity contribution < 1.29 is 4.74 Å². The van der Waals surface area contributed by atoms with Gasteiger partial charge in [-0.1, -0.05) is 53.0 Å². The van der Waals surface area contributed by atoms with E-state index in [1.54, 1.807) is 0 Å². The number of benzene rings is 3. The molecule has 0 spiro atoms. The van der Waals surface area contributed by atoms with E-state index in [9.17, 15) is 0 Å². The van der Waals surface area contributed by atoms with E-state index in [1.807, 2.05) is 48.5 Å². The Kier molecular flexibility index (Phi) is 3.88. The summed E-state index contributed by atoms with van der Waals surface area (Å²) in [7, 11) is 0. The minimum atomic E-state index is 0.126. The molecule has 0 aromatic heterocycles. The number of halogens is 3. The smallest absolute Gasteiger partial charge is 0.107 e. The van der Waals surface area contributed by atoms with Gasteiger partial charge in [-0.2, -0.15) is 0 Å². The molecule has 1 nitrogen and oxygen atoms in total. The highest BCUT2D eigenvalue weighted by atomic mass is 35.5. The van der Waals surface area contributed by atoms with Gasteiger partial charge < -0.3 is 4.74 Å². The van der Waals surface area contributed by atoms with Crippen molar-refractivity contribution in [2.45, 2.75) is 6.10 Å². The van der Waals surface area contributed by atoms with Gasteiger partial charge in [0.25, 0.3) is 0 Å². The molecule has 4 heteroatoms. The summed E-state index contributed by atoms with van der Waals surface area (Å²) in [4.78, 5) is 0. The second-order valence-electron chi connectivity index (χ2n) is 6.54. The first-order chi connectivity index (χ1) is 12.6. The lowest BCUT2D eigenvalue weighted by Gasteiger charge is -2.08. The lowest BCUT2D eigenvalue weighted by Crippen LogP contribution is -1.89. The van der Waals surface area contributed by atoms with E-state index < -0.39 is 0 Å². The Labute approximate surface area is 166 Å². The third-order valence-corrected chi connectivity index (χ3v) is 5.53. The molecular formula is C22H13Cl3O. The molecule has 1 aliphatic heterocycles. The van der Waals surface area contributed by atoms with Gasteiger partial charge in [-0.15, -0.1) is 0 Å². The number of epoxide rings is 1. The SMILES string of the molecule is Clc1ccc(/C=C2\c3cc(Cl)ccc3-c3c2cc(Cl)cc3C2CO2)cc1. The highest BCUT2D eigenvalue weighted by Gasteiger charge is 2.34. The van der Waals surface area contributed by atoms with Crippen LogP contribution >= 0.6 is 34.8 Å². The van der Waals surface area contributed by atoms with E-state index in [-0.39, 0.29) is 6.10 Å². The van der Waals surface area contributed by atoms with E-state index in [0.717, 1.165) is 44.5 Å². The summed E-state index contributed by atoms with van der Waals surface area (Å²) in [6, 6.07) is 17.9. The van der Waals surface area contributed by atoms with Crippen LogP contribution < -0.4 is 0 Å². The Morgan fingerprint density at radius 3 is 2.19 bits per heavy atom. The quantitative estimate of drug-likeness (QED) is 0.322. The summed E-state index contributed by atoms with van der Waals surface area (Å²) < 4.78 is 5.56. The maximum atomic E-state index is 6.44. The standard InChI is InChI=1S/C22H13Cl3O/c23-13-3-1-12(2-4-13)7-17-18-8-14(24)5-6-16(18)22-19(17)9-15(25)10-20(22)21-11-26-21/h1-10,21H,11H2/b17-7+. The molecule has 26 heavy (non-hydrogen) atoms. The zero-order valence-corrected chi connectivity index (χ0v) is 15.9. The van der Waals surface area contributed by atoms with E-state index in [1.165, 1.54) is 11.1 Å². The first kappa shape index (κ1) is 16.4. The molecule has 0 N–H and O–H groups in total. The van der Waals surface area contributed by atoms with Gasteiger partial charge in [0.2, 0.25) is 0 Å². The summed E-state index contributed by atoms with van der Waals surface area (Å²) in [5, 5.41) is 2.16. The van der Waals surface area contributed by atoms with Crippen molar-refractivity contribution in [2.75, 3.05) is 6.61 Å². The van der Waals surface area contributed by atoms with E-state index in [0.29, 0.717) is 5.02 Å². The lowest BCUT2D eigenvalue weighted by atomic mass is 9.97. The Balaban J connectivity index is 1.79. The molecule has 1 aliphatic carbocycles. The molecule has 3 aromatic carbocycles. The largest absolute Gasteiger partial charge is 0.368 e. The van der Waals surface area contributed by atoms with Crippen LogP contribution in [0.15, 0.2) is 54.6 Å². The van der Waals surface area contributed by atoms with Crippen LogP contribution in [0.5, 0.6) is 0 Å². The molecule has 1 saturated heterocycles. The van der Waals surface area contributed by atoms with Gasteiger partial charge >= 0.3 is 0 Å². The van der Waals surface area contributed by atoms with Gasteiger partial charge in [0.15, 0.2) is 0 Å². The van der Waals surface area contributed by atoms with Crippen LogP contribution in [0.4, 0.5) is 0 Å². The lowest BCUT2D eigenvalue weighted by molar-refractivity contribution is 0.416. The molecule has 1 heterocycles. The molecule has 1 unspecified atom stereocenters. The van der Waals surface area contributed by atoms with Gasteiger partial charge in [0.05, 0.1) is 6.61 Å². The fourth-order valence-corrected chi connectivity index (χ4v) is 4.13. The first-order valence-electron chi connectivity index (χ1n) is 8.33. The Bertz CT molecular complexity index is 1060. The summed E-state index contributed by atoms with van der Waals surface area (Å²) in [6.45, 7) is 0.742. The van der Waals surface area contributed by atoms with Crippen molar-refractivity contribution in [3.05, 3.63) is 91.9 Å². The van der Waals surface area contributed by atoms with Crippen LogP contribution in [0, 0.1) is 0 Å². The number of ether oxygens (including phenoxy) is 1. The third kappa shape index (κ3) is 2.76. The number of fused-ring (bicyclic) bond motifs is 3. The minimum absolute atomic E-state index is 0.126. The average Bonchev–Trinajstić information content (AvgIpc) is 3.42. The van der Waals surface area contributed by atoms with Crippen molar-refractivity contribution >= 4 is 46.5 Å². The molecule has 3 aromatic rings. The molecule has 0 amide bonds. The summed E-state index contributed by atoms with van der Waals surface area (Å²) in [6.07, 6.45) is 2.28. The Morgan fingerprint density at radius 2 is 1.46 bits per heavy atom. The van der Waals surface area contributed by atoms with Crippen LogP contribution in [-0.2, 0) is 4.74 Å². The number of hydrogen-bond donors (Lipinski definition) is 0. The number of rotatable bonds is 2. The minimum Gasteiger partial charge on any atom is -0.368 e. The van der Waals surface area contributed by atoms with Crippen LogP contribution in [0.2, 0.25) is 15.1 Å². The molecule has 0 saturated carbocycles. The second-order valence-corrected chi connectivity index (χ2v) is 7.85. The average molecular weight is 400 g/mol. The van der Waals surface area contributed by atoms with Crippen molar-refractivity contribution in [2.24, 2.45) is 0 Å². The predicted octanol–water partition coefficient (Wildman–Crippen LogP) is 7.29. The topological polar surface area (TPSA) is 12.5 Å². The molecule has 5 rings (SSSR count). The summed E-state index contributed by atoms with van der Waals surface area (Å²) >= 11 is 18.8. The molecule has 2 aliphatic rings. The van der Waals surface area contributed by atoms with E-state index in [4.69, 9.17) is 39.5 Å². The van der Waals surface area contributed by atoms with E-state index >= 15 is 0 Å². The summed E-state index contributed by atoms with van der Waals surface area (Å²) in [5.74, 6) is 0. The normalized spacial score (nSPS) is 18.7. The molecule has 128 valence electrons. The Morgan fingerprint density at radius 1 is 0.769 bits per heavy atom. The first-order valence-corrected chi connectivity index (χ1v) is 9.46. The van der Waals surface area contributed by atoms with Crippen molar-refractivity contribution in [3.63, 3.8) is 0 Å². The zero-order chi connectivity index (χ0) is 17.8. The Hall–Kier alpha value is -1.77. The van der Waals surface area contributed by atoms with Crippen LogP contribution in [0.3, 0.4) is 0 Å². The van der Waals surface area contributed by atoms with Gasteiger partial charge in [-0.05, 0) is 81.4 Å². The van der Waals surface area contributed by atoms with Crippen LogP contribution in [0.1, 0.15) is 28.4 Å². The third-order valence-electron chi connectivity index (χ3n) is 4.83. The van der Waals surface area contributed by atoms with Gasteiger partial charge in [0, 0.05) is 15.1 Å². The molecular weight excluding hydrogens is 387 g/mol. The van der Waals surface area contributed by atoms with Crippen LogP contribution in [-0.4, -0.2) is 6.61 Å². The molecule has 1 fully saturated rings. The predicted molar refractivity (Wildman–Crippen MR) is 109 cm³/mol.